The molecule has 2 heterocycles. The molecule has 0 aromatic heterocycles. The first-order chi connectivity index (χ1) is 9.66. The molecule has 20 heavy (non-hydrogen) atoms. The van der Waals surface area contributed by atoms with Gasteiger partial charge in [0, 0.05) is 19.6 Å². The maximum Gasteiger partial charge on any atom is 0.324 e. The number of hydrogen-bond donors (Lipinski definition) is 1. The summed E-state index contributed by atoms with van der Waals surface area (Å²) in [5, 5.41) is 2.59. The van der Waals surface area contributed by atoms with Gasteiger partial charge in [0.2, 0.25) is 5.91 Å². The standard InChI is InChI=1S/C14H16FN3O2/c15-11-5-1-3-10-4-2-7-17(13(10)11)9-12(19)18-8-6-16-14(18)20/h1,3,5H,2,4,6-9H2,(H,16,20). The Bertz CT molecular complexity index is 561. The second kappa shape index (κ2) is 5.11. The predicted molar refractivity (Wildman–Crippen MR) is 72.0 cm³/mol. The van der Waals surface area contributed by atoms with Crippen molar-refractivity contribution < 1.29 is 14.0 Å². The van der Waals surface area contributed by atoms with Gasteiger partial charge in [-0.25, -0.2) is 9.18 Å². The highest BCUT2D eigenvalue weighted by molar-refractivity contribution is 5.97. The van der Waals surface area contributed by atoms with E-state index in [1.807, 2.05) is 6.07 Å². The predicted octanol–water partition coefficient (Wildman–Crippen LogP) is 1.13. The topological polar surface area (TPSA) is 52.7 Å². The van der Waals surface area contributed by atoms with E-state index in [2.05, 4.69) is 5.32 Å². The van der Waals surface area contributed by atoms with E-state index in [4.69, 9.17) is 0 Å². The highest BCUT2D eigenvalue weighted by Gasteiger charge is 2.29. The quantitative estimate of drug-likeness (QED) is 0.881. The van der Waals surface area contributed by atoms with Crippen LogP contribution in [0.1, 0.15) is 12.0 Å². The van der Waals surface area contributed by atoms with E-state index in [0.717, 1.165) is 18.4 Å². The fourth-order valence-corrected chi connectivity index (χ4v) is 2.80. The van der Waals surface area contributed by atoms with Crippen molar-refractivity contribution in [1.29, 1.82) is 0 Å². The summed E-state index contributed by atoms with van der Waals surface area (Å²) in [5.74, 6) is -0.586. The lowest BCUT2D eigenvalue weighted by Crippen LogP contribution is -2.43. The number of nitrogens with one attached hydrogen (secondary N) is 1. The number of rotatable bonds is 2. The number of amides is 3. The van der Waals surface area contributed by atoms with Gasteiger partial charge in [-0.3, -0.25) is 9.69 Å². The van der Waals surface area contributed by atoms with E-state index < -0.39 is 0 Å². The van der Waals surface area contributed by atoms with E-state index in [-0.39, 0.29) is 24.3 Å². The summed E-state index contributed by atoms with van der Waals surface area (Å²) < 4.78 is 14.0. The molecule has 0 bridgehead atoms. The first kappa shape index (κ1) is 12.9. The Kier molecular flexibility index (Phi) is 3.30. The molecule has 1 aromatic carbocycles. The van der Waals surface area contributed by atoms with Crippen LogP contribution in [0, 0.1) is 5.82 Å². The molecule has 0 saturated carbocycles. The first-order valence-corrected chi connectivity index (χ1v) is 6.77. The lowest BCUT2D eigenvalue weighted by atomic mass is 10.0. The molecular weight excluding hydrogens is 261 g/mol. The van der Waals surface area contributed by atoms with Crippen LogP contribution in [0.25, 0.3) is 0 Å². The SMILES string of the molecule is O=C(CN1CCCc2cccc(F)c21)N1CCNC1=O. The summed E-state index contributed by atoms with van der Waals surface area (Å²) in [5.41, 5.74) is 1.43. The number of carbonyl (C=O) groups excluding carboxylic acids is 2. The highest BCUT2D eigenvalue weighted by atomic mass is 19.1. The molecule has 2 aliphatic heterocycles. The molecule has 0 spiro atoms. The Labute approximate surface area is 116 Å². The van der Waals surface area contributed by atoms with Crippen molar-refractivity contribution >= 4 is 17.6 Å². The molecular formula is C14H16FN3O2. The van der Waals surface area contributed by atoms with Crippen LogP contribution in [0.5, 0.6) is 0 Å². The second-order valence-corrected chi connectivity index (χ2v) is 5.05. The van der Waals surface area contributed by atoms with Gasteiger partial charge in [-0.1, -0.05) is 12.1 Å². The molecule has 1 aromatic rings. The van der Waals surface area contributed by atoms with Crippen molar-refractivity contribution in [2.24, 2.45) is 0 Å². The molecule has 1 fully saturated rings. The zero-order chi connectivity index (χ0) is 14.1. The average Bonchev–Trinajstić information content (AvgIpc) is 2.85. The van der Waals surface area contributed by atoms with Crippen molar-refractivity contribution in [3.05, 3.63) is 29.6 Å². The molecule has 1 N–H and O–H groups in total. The smallest absolute Gasteiger partial charge is 0.324 e. The van der Waals surface area contributed by atoms with Gasteiger partial charge in [0.1, 0.15) is 5.82 Å². The molecule has 0 unspecified atom stereocenters. The third kappa shape index (κ3) is 2.21. The summed E-state index contributed by atoms with van der Waals surface area (Å²) in [6.07, 6.45) is 1.71. The monoisotopic (exact) mass is 277 g/mol. The number of para-hydroxylation sites is 1. The molecule has 3 rings (SSSR count). The highest BCUT2D eigenvalue weighted by Crippen LogP contribution is 2.29. The maximum absolute atomic E-state index is 14.0. The van der Waals surface area contributed by atoms with E-state index in [1.165, 1.54) is 11.0 Å². The number of hydrogen-bond acceptors (Lipinski definition) is 3. The minimum atomic E-state index is -0.360. The van der Waals surface area contributed by atoms with Gasteiger partial charge in [0.15, 0.2) is 0 Å². The number of aryl methyl sites for hydroxylation is 1. The summed E-state index contributed by atoms with van der Waals surface area (Å²) in [7, 11) is 0. The molecule has 2 aliphatic rings. The van der Waals surface area contributed by atoms with Crippen molar-refractivity contribution in [3.63, 3.8) is 0 Å². The number of imide groups is 1. The number of fused-ring (bicyclic) bond motifs is 1. The fourth-order valence-electron chi connectivity index (χ4n) is 2.80. The van der Waals surface area contributed by atoms with Crippen LogP contribution >= 0.6 is 0 Å². The second-order valence-electron chi connectivity index (χ2n) is 5.05. The lowest BCUT2D eigenvalue weighted by Gasteiger charge is -2.31. The Morgan fingerprint density at radius 3 is 2.95 bits per heavy atom. The third-order valence-electron chi connectivity index (χ3n) is 3.74. The average molecular weight is 277 g/mol. The molecule has 0 aliphatic carbocycles. The lowest BCUT2D eigenvalue weighted by molar-refractivity contribution is -0.126. The van der Waals surface area contributed by atoms with Crippen LogP contribution in [0.4, 0.5) is 14.9 Å². The van der Waals surface area contributed by atoms with Crippen LogP contribution in [0.15, 0.2) is 18.2 Å². The fraction of sp³-hybridized carbons (Fsp3) is 0.429. The van der Waals surface area contributed by atoms with E-state index in [9.17, 15) is 14.0 Å². The summed E-state index contributed by atoms with van der Waals surface area (Å²) in [6, 6.07) is 4.62. The van der Waals surface area contributed by atoms with Crippen LogP contribution in [0.2, 0.25) is 0 Å². The summed E-state index contributed by atoms with van der Waals surface area (Å²) >= 11 is 0. The third-order valence-corrected chi connectivity index (χ3v) is 3.74. The number of urea groups is 1. The van der Waals surface area contributed by atoms with Crippen molar-refractivity contribution in [1.82, 2.24) is 10.2 Å². The number of carbonyl (C=O) groups is 2. The molecule has 3 amide bonds. The molecule has 0 radical (unpaired) electrons. The van der Waals surface area contributed by atoms with Gasteiger partial charge in [0.05, 0.1) is 12.2 Å². The number of benzene rings is 1. The zero-order valence-corrected chi connectivity index (χ0v) is 11.1. The Morgan fingerprint density at radius 1 is 1.35 bits per heavy atom. The normalized spacial score (nSPS) is 17.9. The van der Waals surface area contributed by atoms with Crippen molar-refractivity contribution in [3.8, 4) is 0 Å². The molecule has 106 valence electrons. The van der Waals surface area contributed by atoms with E-state index in [1.54, 1.807) is 11.0 Å². The van der Waals surface area contributed by atoms with Gasteiger partial charge < -0.3 is 10.2 Å². The van der Waals surface area contributed by atoms with Crippen molar-refractivity contribution in [2.45, 2.75) is 12.8 Å². The van der Waals surface area contributed by atoms with Gasteiger partial charge in [-0.2, -0.15) is 0 Å². The summed E-state index contributed by atoms with van der Waals surface area (Å²) in [4.78, 5) is 26.5. The maximum atomic E-state index is 14.0. The number of halogens is 1. The van der Waals surface area contributed by atoms with Crippen molar-refractivity contribution in [2.75, 3.05) is 31.1 Å². The first-order valence-electron chi connectivity index (χ1n) is 6.77. The number of anilines is 1. The summed E-state index contributed by atoms with van der Waals surface area (Å²) in [6.45, 7) is 1.54. The molecule has 1 saturated heterocycles. The van der Waals surface area contributed by atoms with Crippen LogP contribution < -0.4 is 10.2 Å². The Hall–Kier alpha value is -2.11. The minimum Gasteiger partial charge on any atom is -0.360 e. The van der Waals surface area contributed by atoms with Gasteiger partial charge in [-0.05, 0) is 24.5 Å². The molecule has 0 atom stereocenters. The van der Waals surface area contributed by atoms with Gasteiger partial charge >= 0.3 is 6.03 Å². The molecule has 6 heteroatoms. The van der Waals surface area contributed by atoms with E-state index in [0.29, 0.717) is 25.3 Å². The van der Waals surface area contributed by atoms with E-state index >= 15 is 0 Å². The van der Waals surface area contributed by atoms with Gasteiger partial charge in [-0.15, -0.1) is 0 Å². The Balaban J connectivity index is 1.79. The zero-order valence-electron chi connectivity index (χ0n) is 11.1. The largest absolute Gasteiger partial charge is 0.360 e. The molecule has 5 nitrogen and oxygen atoms in total. The van der Waals surface area contributed by atoms with Gasteiger partial charge in [0.25, 0.3) is 0 Å². The van der Waals surface area contributed by atoms with Crippen LogP contribution in [-0.2, 0) is 11.2 Å². The van der Waals surface area contributed by atoms with Crippen LogP contribution in [0.3, 0.4) is 0 Å². The minimum absolute atomic E-state index is 0.0430. The number of nitrogens with zero attached hydrogens (tertiary/aromatic N) is 2. The Morgan fingerprint density at radius 2 is 2.20 bits per heavy atom. The van der Waals surface area contributed by atoms with Crippen LogP contribution in [-0.4, -0.2) is 43.0 Å².